The highest BCUT2D eigenvalue weighted by atomic mass is 16.3. The van der Waals surface area contributed by atoms with E-state index in [0.717, 1.165) is 16.7 Å². The highest BCUT2D eigenvalue weighted by Crippen LogP contribution is 2.24. The molecule has 0 bridgehead atoms. The summed E-state index contributed by atoms with van der Waals surface area (Å²) in [5, 5.41) is 9.75. The van der Waals surface area contributed by atoms with E-state index in [1.807, 2.05) is 24.3 Å². The Morgan fingerprint density at radius 3 is 1.70 bits per heavy atom. The third-order valence-electron chi connectivity index (χ3n) is 3.22. The van der Waals surface area contributed by atoms with Gasteiger partial charge in [0.2, 0.25) is 0 Å². The third kappa shape index (κ3) is 3.38. The fourth-order valence-corrected chi connectivity index (χ4v) is 2.03. The molecule has 2 aromatic carbocycles. The number of terminal acetylenes is 1. The van der Waals surface area contributed by atoms with Gasteiger partial charge in [0, 0.05) is 0 Å². The minimum atomic E-state index is -0.882. The van der Waals surface area contributed by atoms with Gasteiger partial charge in [-0.1, -0.05) is 65.6 Å². The van der Waals surface area contributed by atoms with Crippen molar-refractivity contribution in [3.63, 3.8) is 0 Å². The topological polar surface area (TPSA) is 20.2 Å². The van der Waals surface area contributed by atoms with Crippen LogP contribution in [-0.4, -0.2) is 11.2 Å². The summed E-state index contributed by atoms with van der Waals surface area (Å²) in [7, 11) is 0. The maximum absolute atomic E-state index is 9.75. The molecule has 0 aliphatic carbocycles. The second kappa shape index (κ2) is 6.23. The number of aliphatic hydroxyl groups excluding tert-OH is 1. The van der Waals surface area contributed by atoms with Crippen molar-refractivity contribution in [2.45, 2.75) is 20.0 Å². The van der Waals surface area contributed by atoms with E-state index in [1.165, 1.54) is 11.1 Å². The summed E-state index contributed by atoms with van der Waals surface area (Å²) in [5.41, 5.74) is 5.46. The Morgan fingerprint density at radius 2 is 1.35 bits per heavy atom. The first-order valence-corrected chi connectivity index (χ1v) is 6.60. The summed E-state index contributed by atoms with van der Waals surface area (Å²) in [6, 6.07) is 16.4. The minimum Gasteiger partial charge on any atom is -0.377 e. The Bertz CT molecular complexity index is 592. The molecule has 2 aromatic rings. The first-order chi connectivity index (χ1) is 9.60. The molecule has 2 rings (SSSR count). The molecular weight excluding hydrogens is 244 g/mol. The molecule has 0 spiro atoms. The van der Waals surface area contributed by atoms with Crippen molar-refractivity contribution in [3.8, 4) is 12.3 Å². The van der Waals surface area contributed by atoms with Crippen LogP contribution in [0.1, 0.15) is 22.3 Å². The van der Waals surface area contributed by atoms with Crippen molar-refractivity contribution < 1.29 is 5.11 Å². The van der Waals surface area contributed by atoms with Crippen LogP contribution in [0.2, 0.25) is 0 Å². The van der Waals surface area contributed by atoms with Gasteiger partial charge >= 0.3 is 0 Å². The first kappa shape index (κ1) is 14.1. The quantitative estimate of drug-likeness (QED) is 0.836. The van der Waals surface area contributed by atoms with Crippen LogP contribution in [0.5, 0.6) is 0 Å². The van der Waals surface area contributed by atoms with Gasteiger partial charge in [0.1, 0.15) is 6.10 Å². The lowest BCUT2D eigenvalue weighted by molar-refractivity contribution is 0.281. The lowest BCUT2D eigenvalue weighted by atomic mass is 9.95. The largest absolute Gasteiger partial charge is 0.377 e. The first-order valence-electron chi connectivity index (χ1n) is 6.60. The second-order valence-electron chi connectivity index (χ2n) is 4.92. The zero-order valence-electron chi connectivity index (χ0n) is 11.8. The fraction of sp³-hybridized carbons (Fsp3) is 0.158. The average Bonchev–Trinajstić information content (AvgIpc) is 2.46. The number of aryl methyl sites for hydroxylation is 2. The molecular formula is C19H18O. The van der Waals surface area contributed by atoms with Crippen molar-refractivity contribution in [1.29, 1.82) is 0 Å². The molecule has 20 heavy (non-hydrogen) atoms. The van der Waals surface area contributed by atoms with E-state index < -0.39 is 6.10 Å². The van der Waals surface area contributed by atoms with Crippen LogP contribution in [0.25, 0.3) is 5.57 Å². The molecule has 0 amide bonds. The molecule has 0 saturated heterocycles. The predicted octanol–water partition coefficient (Wildman–Crippen LogP) is 3.73. The maximum Gasteiger partial charge on any atom is 0.134 e. The van der Waals surface area contributed by atoms with Gasteiger partial charge in [-0.25, -0.2) is 0 Å². The standard InChI is InChI=1S/C19H18O/c1-4-18(20)13-19(16-9-5-14(2)6-10-16)17-11-7-15(3)8-12-17/h1,5-13,18,20H,2-3H3. The summed E-state index contributed by atoms with van der Waals surface area (Å²) >= 11 is 0. The highest BCUT2D eigenvalue weighted by Gasteiger charge is 2.07. The normalized spacial score (nSPS) is 11.5. The maximum atomic E-state index is 9.75. The Balaban J connectivity index is 2.50. The van der Waals surface area contributed by atoms with Gasteiger partial charge in [0.05, 0.1) is 0 Å². The summed E-state index contributed by atoms with van der Waals surface area (Å²) in [6.45, 7) is 4.10. The van der Waals surface area contributed by atoms with Crippen molar-refractivity contribution in [2.24, 2.45) is 0 Å². The monoisotopic (exact) mass is 262 g/mol. The smallest absolute Gasteiger partial charge is 0.134 e. The van der Waals surface area contributed by atoms with E-state index in [4.69, 9.17) is 6.42 Å². The average molecular weight is 262 g/mol. The summed E-state index contributed by atoms with van der Waals surface area (Å²) in [6.07, 6.45) is 6.12. The van der Waals surface area contributed by atoms with E-state index >= 15 is 0 Å². The molecule has 1 heteroatoms. The Morgan fingerprint density at radius 1 is 0.950 bits per heavy atom. The lowest BCUT2D eigenvalue weighted by Gasteiger charge is -2.10. The SMILES string of the molecule is C#CC(O)C=C(c1ccc(C)cc1)c1ccc(C)cc1. The molecule has 100 valence electrons. The molecule has 1 atom stereocenters. The second-order valence-corrected chi connectivity index (χ2v) is 4.92. The third-order valence-corrected chi connectivity index (χ3v) is 3.22. The molecule has 1 N–H and O–H groups in total. The molecule has 1 nitrogen and oxygen atoms in total. The molecule has 0 aliphatic heterocycles. The van der Waals surface area contributed by atoms with Gasteiger partial charge in [-0.15, -0.1) is 6.42 Å². The Kier molecular flexibility index (Phi) is 4.40. The van der Waals surface area contributed by atoms with Gasteiger partial charge in [-0.05, 0) is 36.6 Å². The van der Waals surface area contributed by atoms with E-state index in [2.05, 4.69) is 44.0 Å². The summed E-state index contributed by atoms with van der Waals surface area (Å²) in [4.78, 5) is 0. The number of hydrogen-bond acceptors (Lipinski definition) is 1. The molecule has 0 saturated carbocycles. The fourth-order valence-electron chi connectivity index (χ4n) is 2.03. The van der Waals surface area contributed by atoms with Gasteiger partial charge in [-0.2, -0.15) is 0 Å². The highest BCUT2D eigenvalue weighted by molar-refractivity contribution is 5.80. The number of aliphatic hydroxyl groups is 1. The van der Waals surface area contributed by atoms with Gasteiger partial charge in [0.15, 0.2) is 0 Å². The van der Waals surface area contributed by atoms with Crippen LogP contribution in [-0.2, 0) is 0 Å². The van der Waals surface area contributed by atoms with Gasteiger partial charge in [0.25, 0.3) is 0 Å². The van der Waals surface area contributed by atoms with Crippen LogP contribution < -0.4 is 0 Å². The number of hydrogen-bond donors (Lipinski definition) is 1. The molecule has 0 aromatic heterocycles. The van der Waals surface area contributed by atoms with Crippen LogP contribution in [0, 0.1) is 26.2 Å². The zero-order valence-corrected chi connectivity index (χ0v) is 11.8. The van der Waals surface area contributed by atoms with Crippen molar-refractivity contribution in [3.05, 3.63) is 76.9 Å². The van der Waals surface area contributed by atoms with E-state index in [9.17, 15) is 5.11 Å². The molecule has 1 unspecified atom stereocenters. The van der Waals surface area contributed by atoms with Crippen LogP contribution >= 0.6 is 0 Å². The predicted molar refractivity (Wildman–Crippen MR) is 84.3 cm³/mol. The molecule has 0 heterocycles. The van der Waals surface area contributed by atoms with Gasteiger partial charge in [-0.3, -0.25) is 0 Å². The minimum absolute atomic E-state index is 0.882. The van der Waals surface area contributed by atoms with Crippen molar-refractivity contribution in [1.82, 2.24) is 0 Å². The van der Waals surface area contributed by atoms with E-state index in [1.54, 1.807) is 6.08 Å². The van der Waals surface area contributed by atoms with E-state index in [-0.39, 0.29) is 0 Å². The summed E-state index contributed by atoms with van der Waals surface area (Å²) < 4.78 is 0. The summed E-state index contributed by atoms with van der Waals surface area (Å²) in [5.74, 6) is 2.34. The molecule has 0 radical (unpaired) electrons. The molecule has 0 fully saturated rings. The van der Waals surface area contributed by atoms with Crippen molar-refractivity contribution >= 4 is 5.57 Å². The number of benzene rings is 2. The zero-order chi connectivity index (χ0) is 14.5. The molecule has 0 aliphatic rings. The van der Waals surface area contributed by atoms with Crippen molar-refractivity contribution in [2.75, 3.05) is 0 Å². The van der Waals surface area contributed by atoms with Crippen LogP contribution in [0.3, 0.4) is 0 Å². The lowest BCUT2D eigenvalue weighted by Crippen LogP contribution is -2.00. The van der Waals surface area contributed by atoms with E-state index in [0.29, 0.717) is 0 Å². The van der Waals surface area contributed by atoms with Crippen LogP contribution in [0.4, 0.5) is 0 Å². The Labute approximate surface area is 120 Å². The Hall–Kier alpha value is -2.30. The van der Waals surface area contributed by atoms with Gasteiger partial charge < -0.3 is 5.11 Å². The number of rotatable bonds is 3. The van der Waals surface area contributed by atoms with Crippen LogP contribution in [0.15, 0.2) is 54.6 Å².